The maximum atomic E-state index is 11.1. The predicted molar refractivity (Wildman–Crippen MR) is 58.2 cm³/mol. The van der Waals surface area contributed by atoms with Gasteiger partial charge >= 0.3 is 0 Å². The zero-order valence-electron chi connectivity index (χ0n) is 7.03. The van der Waals surface area contributed by atoms with Crippen LogP contribution in [0, 0.1) is 0 Å². The van der Waals surface area contributed by atoms with E-state index >= 15 is 0 Å². The number of thiol groups is 1. The summed E-state index contributed by atoms with van der Waals surface area (Å²) in [5.41, 5.74) is 0.315. The van der Waals surface area contributed by atoms with Crippen LogP contribution in [0.2, 0.25) is 0 Å². The van der Waals surface area contributed by atoms with Gasteiger partial charge in [-0.25, -0.2) is 10.9 Å². The standard InChI is InChI=1S/C8H11ClN2OS/c1-3-4-7(6(2)9)11(10)8(12)5-13/h3-4,13H,1-2,5,10H2/b7-4+. The SMILES string of the molecule is C=C/C=C(\C(=C)Cl)N(N)C(=O)CS. The van der Waals surface area contributed by atoms with Gasteiger partial charge in [0.15, 0.2) is 0 Å². The van der Waals surface area contributed by atoms with E-state index in [0.717, 1.165) is 5.01 Å². The first kappa shape index (κ1) is 12.3. The fourth-order valence-corrected chi connectivity index (χ4v) is 0.930. The molecule has 0 spiro atoms. The first-order valence-electron chi connectivity index (χ1n) is 3.40. The van der Waals surface area contributed by atoms with Gasteiger partial charge in [0.2, 0.25) is 0 Å². The molecule has 0 aliphatic rings. The fraction of sp³-hybridized carbons (Fsp3) is 0.125. The summed E-state index contributed by atoms with van der Waals surface area (Å²) in [6.45, 7) is 6.92. The van der Waals surface area contributed by atoms with Crippen LogP contribution in [0.15, 0.2) is 36.0 Å². The molecule has 0 aromatic heterocycles. The average molecular weight is 219 g/mol. The lowest BCUT2D eigenvalue weighted by atomic mass is 10.3. The van der Waals surface area contributed by atoms with Gasteiger partial charge in [0.25, 0.3) is 5.91 Å². The highest BCUT2D eigenvalue weighted by atomic mass is 35.5. The maximum absolute atomic E-state index is 11.1. The van der Waals surface area contributed by atoms with Gasteiger partial charge in [0.05, 0.1) is 16.5 Å². The van der Waals surface area contributed by atoms with Gasteiger partial charge in [-0.1, -0.05) is 30.8 Å². The van der Waals surface area contributed by atoms with Crippen LogP contribution >= 0.6 is 24.2 Å². The summed E-state index contributed by atoms with van der Waals surface area (Å²) in [7, 11) is 0. The van der Waals surface area contributed by atoms with Crippen molar-refractivity contribution < 1.29 is 4.79 Å². The second kappa shape index (κ2) is 5.85. The third-order valence-corrected chi connectivity index (χ3v) is 1.68. The number of halogens is 1. The van der Waals surface area contributed by atoms with Crippen molar-refractivity contribution in [3.05, 3.63) is 36.0 Å². The number of allylic oxidation sites excluding steroid dienone is 3. The van der Waals surface area contributed by atoms with E-state index in [2.05, 4.69) is 25.8 Å². The van der Waals surface area contributed by atoms with E-state index < -0.39 is 0 Å². The molecule has 1 amide bonds. The quantitative estimate of drug-likeness (QED) is 0.247. The van der Waals surface area contributed by atoms with Crippen molar-refractivity contribution in [1.29, 1.82) is 0 Å². The molecule has 0 aromatic carbocycles. The van der Waals surface area contributed by atoms with Crippen LogP contribution in [0.4, 0.5) is 0 Å². The normalized spacial score (nSPS) is 10.8. The molecule has 0 radical (unpaired) electrons. The molecule has 0 saturated carbocycles. The summed E-state index contributed by atoms with van der Waals surface area (Å²) in [4.78, 5) is 11.1. The lowest BCUT2D eigenvalue weighted by Gasteiger charge is -2.17. The smallest absolute Gasteiger partial charge is 0.250 e. The third kappa shape index (κ3) is 3.67. The molecular formula is C8H11ClN2OS. The summed E-state index contributed by atoms with van der Waals surface area (Å²) < 4.78 is 0. The average Bonchev–Trinajstić information content (AvgIpc) is 2.11. The summed E-state index contributed by atoms with van der Waals surface area (Å²) >= 11 is 9.40. The van der Waals surface area contributed by atoms with Gasteiger partial charge in [0, 0.05) is 0 Å². The number of hydrogen-bond acceptors (Lipinski definition) is 3. The molecule has 0 fully saturated rings. The molecule has 3 nitrogen and oxygen atoms in total. The number of carbonyl (C=O) groups excluding carboxylic acids is 1. The fourth-order valence-electron chi connectivity index (χ4n) is 0.624. The molecule has 0 atom stereocenters. The predicted octanol–water partition coefficient (Wildman–Crippen LogP) is 1.44. The highest BCUT2D eigenvalue weighted by Gasteiger charge is 2.13. The van der Waals surface area contributed by atoms with Crippen molar-refractivity contribution >= 4 is 30.1 Å². The molecule has 13 heavy (non-hydrogen) atoms. The molecule has 72 valence electrons. The summed E-state index contributed by atoms with van der Waals surface area (Å²) in [5.74, 6) is 5.08. The van der Waals surface area contributed by atoms with Crippen LogP contribution in [-0.2, 0) is 4.79 Å². The number of rotatable bonds is 4. The first-order valence-corrected chi connectivity index (χ1v) is 4.41. The van der Waals surface area contributed by atoms with Crippen molar-refractivity contribution in [1.82, 2.24) is 5.01 Å². The summed E-state index contributed by atoms with van der Waals surface area (Å²) in [6, 6.07) is 0. The number of nitrogens with two attached hydrogens (primary N) is 1. The number of hydrogen-bond donors (Lipinski definition) is 2. The number of nitrogens with zero attached hydrogens (tertiary/aromatic N) is 1. The molecule has 0 rings (SSSR count). The monoisotopic (exact) mass is 218 g/mol. The largest absolute Gasteiger partial charge is 0.272 e. The molecule has 0 aliphatic heterocycles. The molecule has 5 heteroatoms. The Kier molecular flexibility index (Phi) is 5.53. The Bertz CT molecular complexity index is 263. The van der Waals surface area contributed by atoms with Crippen LogP contribution in [0.25, 0.3) is 0 Å². The van der Waals surface area contributed by atoms with E-state index in [0.29, 0.717) is 5.70 Å². The van der Waals surface area contributed by atoms with E-state index in [1.807, 2.05) is 0 Å². The Balaban J connectivity index is 4.76. The molecule has 0 bridgehead atoms. The van der Waals surface area contributed by atoms with Crippen LogP contribution in [0.5, 0.6) is 0 Å². The van der Waals surface area contributed by atoms with E-state index in [9.17, 15) is 4.79 Å². The van der Waals surface area contributed by atoms with Gasteiger partial charge in [-0.2, -0.15) is 12.6 Å². The minimum absolute atomic E-state index is 0.00908. The second-order valence-corrected chi connectivity index (χ2v) is 2.89. The van der Waals surface area contributed by atoms with E-state index in [1.54, 1.807) is 0 Å². The van der Waals surface area contributed by atoms with Crippen molar-refractivity contribution in [3.8, 4) is 0 Å². The van der Waals surface area contributed by atoms with Gasteiger partial charge in [-0.15, -0.1) is 0 Å². The lowest BCUT2D eigenvalue weighted by molar-refractivity contribution is -0.126. The highest BCUT2D eigenvalue weighted by Crippen LogP contribution is 2.14. The van der Waals surface area contributed by atoms with Crippen molar-refractivity contribution in [3.63, 3.8) is 0 Å². The Labute approximate surface area is 87.9 Å². The molecule has 0 unspecified atom stereocenters. The number of hydrazine groups is 1. The van der Waals surface area contributed by atoms with Crippen molar-refractivity contribution in [2.24, 2.45) is 5.84 Å². The molecule has 0 heterocycles. The minimum atomic E-state index is -0.363. The van der Waals surface area contributed by atoms with E-state index in [-0.39, 0.29) is 16.7 Å². The lowest BCUT2D eigenvalue weighted by Crippen LogP contribution is -2.37. The Morgan fingerprint density at radius 3 is 2.54 bits per heavy atom. The number of carbonyl (C=O) groups is 1. The molecule has 0 saturated heterocycles. The zero-order chi connectivity index (χ0) is 10.4. The molecular weight excluding hydrogens is 208 g/mol. The van der Waals surface area contributed by atoms with Gasteiger partial charge < -0.3 is 0 Å². The molecule has 0 aliphatic carbocycles. The molecule has 0 aromatic rings. The summed E-state index contributed by atoms with van der Waals surface area (Å²) in [5, 5.41) is 1.07. The summed E-state index contributed by atoms with van der Waals surface area (Å²) in [6.07, 6.45) is 2.96. The van der Waals surface area contributed by atoms with E-state index in [1.165, 1.54) is 12.2 Å². The van der Waals surface area contributed by atoms with E-state index in [4.69, 9.17) is 17.4 Å². The maximum Gasteiger partial charge on any atom is 0.250 e. The van der Waals surface area contributed by atoms with Gasteiger partial charge in [-0.05, 0) is 6.08 Å². The van der Waals surface area contributed by atoms with Crippen molar-refractivity contribution in [2.45, 2.75) is 0 Å². The van der Waals surface area contributed by atoms with Gasteiger partial charge in [-0.3, -0.25) is 4.79 Å². The Morgan fingerprint density at radius 1 is 1.69 bits per heavy atom. The number of amides is 1. The highest BCUT2D eigenvalue weighted by molar-refractivity contribution is 7.81. The van der Waals surface area contributed by atoms with Gasteiger partial charge in [0.1, 0.15) is 0 Å². The molecule has 2 N–H and O–H groups in total. The first-order chi connectivity index (χ1) is 6.04. The minimum Gasteiger partial charge on any atom is -0.272 e. The topological polar surface area (TPSA) is 46.3 Å². The Morgan fingerprint density at radius 2 is 2.23 bits per heavy atom. The second-order valence-electron chi connectivity index (χ2n) is 2.11. The van der Waals surface area contributed by atoms with Crippen molar-refractivity contribution in [2.75, 3.05) is 5.75 Å². The van der Waals surface area contributed by atoms with Crippen LogP contribution in [0.1, 0.15) is 0 Å². The van der Waals surface area contributed by atoms with Crippen LogP contribution in [0.3, 0.4) is 0 Å². The third-order valence-electron chi connectivity index (χ3n) is 1.22. The zero-order valence-corrected chi connectivity index (χ0v) is 8.68. The van der Waals surface area contributed by atoms with Crippen LogP contribution < -0.4 is 5.84 Å². The Hall–Kier alpha value is -0.710. The van der Waals surface area contributed by atoms with Crippen LogP contribution in [-0.4, -0.2) is 16.7 Å².